The van der Waals surface area contributed by atoms with Crippen LogP contribution in [0.4, 0.5) is 17.1 Å². The summed E-state index contributed by atoms with van der Waals surface area (Å²) in [5.41, 5.74) is 18.4. The number of benzene rings is 10. The van der Waals surface area contributed by atoms with Crippen LogP contribution in [0.5, 0.6) is 11.5 Å². The number of fused-ring (bicyclic) bond motifs is 12. The number of ether oxygens (including phenoxy) is 1. The second-order valence-electron chi connectivity index (χ2n) is 16.7. The lowest BCUT2D eigenvalue weighted by atomic mass is 9.66. The fourth-order valence-corrected chi connectivity index (χ4v) is 10.7. The van der Waals surface area contributed by atoms with Crippen LogP contribution in [0, 0.1) is 0 Å². The Labute approximate surface area is 371 Å². The predicted molar refractivity (Wildman–Crippen MR) is 262 cm³/mol. The molecule has 300 valence electrons. The third-order valence-corrected chi connectivity index (χ3v) is 13.4. The largest absolute Gasteiger partial charge is 0.457 e. The fraction of sp³-hybridized carbons (Fsp3) is 0.0164. The van der Waals surface area contributed by atoms with Crippen molar-refractivity contribution in [3.8, 4) is 56.0 Å². The Morgan fingerprint density at radius 2 is 0.812 bits per heavy atom. The van der Waals surface area contributed by atoms with E-state index in [9.17, 15) is 0 Å². The first kappa shape index (κ1) is 36.3. The van der Waals surface area contributed by atoms with E-state index in [0.717, 1.165) is 72.8 Å². The maximum atomic E-state index is 6.70. The Balaban J connectivity index is 1.08. The Morgan fingerprint density at radius 1 is 0.312 bits per heavy atom. The molecule has 2 aliphatic rings. The van der Waals surface area contributed by atoms with E-state index in [1.165, 1.54) is 44.5 Å². The van der Waals surface area contributed by atoms with E-state index in [-0.39, 0.29) is 0 Å². The van der Waals surface area contributed by atoms with E-state index in [4.69, 9.17) is 9.15 Å². The summed E-state index contributed by atoms with van der Waals surface area (Å²) in [5, 5.41) is 2.20. The lowest BCUT2D eigenvalue weighted by molar-refractivity contribution is 0.436. The first-order chi connectivity index (χ1) is 31.8. The molecule has 2 heterocycles. The molecule has 0 unspecified atom stereocenters. The van der Waals surface area contributed by atoms with Gasteiger partial charge in [-0.3, -0.25) is 0 Å². The predicted octanol–water partition coefficient (Wildman–Crippen LogP) is 16.5. The highest BCUT2D eigenvalue weighted by Crippen LogP contribution is 2.63. The number of hydrogen-bond donors (Lipinski definition) is 0. The van der Waals surface area contributed by atoms with E-state index in [0.29, 0.717) is 0 Å². The van der Waals surface area contributed by atoms with Gasteiger partial charge in [0.25, 0.3) is 0 Å². The molecule has 3 heteroatoms. The van der Waals surface area contributed by atoms with Gasteiger partial charge >= 0.3 is 0 Å². The average Bonchev–Trinajstić information content (AvgIpc) is 3.88. The minimum atomic E-state index is -0.616. The van der Waals surface area contributed by atoms with Gasteiger partial charge in [-0.1, -0.05) is 182 Å². The highest BCUT2D eigenvalue weighted by atomic mass is 16.5. The minimum Gasteiger partial charge on any atom is -0.457 e. The molecule has 0 amide bonds. The molecule has 0 fully saturated rings. The molecule has 1 aromatic heterocycles. The molecule has 13 rings (SSSR count). The lowest BCUT2D eigenvalue weighted by Gasteiger charge is -2.39. The van der Waals surface area contributed by atoms with Gasteiger partial charge in [-0.15, -0.1) is 0 Å². The van der Waals surface area contributed by atoms with Crippen molar-refractivity contribution in [2.24, 2.45) is 0 Å². The zero-order chi connectivity index (χ0) is 42.2. The van der Waals surface area contributed by atoms with Gasteiger partial charge in [-0.05, 0) is 98.6 Å². The number of rotatable bonds is 6. The molecule has 0 atom stereocenters. The summed E-state index contributed by atoms with van der Waals surface area (Å²) in [7, 11) is 0. The maximum Gasteiger partial charge on any atom is 0.137 e. The van der Waals surface area contributed by atoms with Crippen molar-refractivity contribution in [1.29, 1.82) is 0 Å². The fourth-order valence-electron chi connectivity index (χ4n) is 10.7. The number of anilines is 3. The number of nitrogens with zero attached hydrogens (tertiary/aromatic N) is 1. The van der Waals surface area contributed by atoms with E-state index in [1.54, 1.807) is 0 Å². The molecule has 1 aliphatic carbocycles. The summed E-state index contributed by atoms with van der Waals surface area (Å²) in [4.78, 5) is 2.43. The second-order valence-corrected chi connectivity index (χ2v) is 16.7. The Bertz CT molecular complexity index is 3570. The molecule has 0 saturated carbocycles. The van der Waals surface area contributed by atoms with Crippen molar-refractivity contribution in [2.75, 3.05) is 4.90 Å². The van der Waals surface area contributed by atoms with Gasteiger partial charge in [0.15, 0.2) is 0 Å². The Kier molecular flexibility index (Phi) is 8.13. The molecule has 10 aromatic carbocycles. The van der Waals surface area contributed by atoms with E-state index < -0.39 is 5.41 Å². The van der Waals surface area contributed by atoms with Crippen molar-refractivity contribution < 1.29 is 9.15 Å². The van der Waals surface area contributed by atoms with Crippen LogP contribution in [0.25, 0.3) is 66.4 Å². The van der Waals surface area contributed by atoms with Gasteiger partial charge in [0.1, 0.15) is 22.7 Å². The third-order valence-electron chi connectivity index (χ3n) is 13.4. The summed E-state index contributed by atoms with van der Waals surface area (Å²) in [5.74, 6) is 1.75. The number of para-hydroxylation sites is 4. The molecule has 0 saturated heterocycles. The van der Waals surface area contributed by atoms with E-state index in [2.05, 4.69) is 229 Å². The van der Waals surface area contributed by atoms with Crippen LogP contribution in [0.2, 0.25) is 0 Å². The van der Waals surface area contributed by atoms with Crippen LogP contribution in [-0.4, -0.2) is 0 Å². The summed E-state index contributed by atoms with van der Waals surface area (Å²) in [6, 6.07) is 85.2. The Morgan fingerprint density at radius 3 is 1.56 bits per heavy atom. The molecule has 0 radical (unpaired) electrons. The molecule has 1 spiro atoms. The third kappa shape index (κ3) is 5.34. The van der Waals surface area contributed by atoms with Gasteiger partial charge in [-0.25, -0.2) is 0 Å². The molecular weight excluding hydrogens is 779 g/mol. The van der Waals surface area contributed by atoms with Gasteiger partial charge < -0.3 is 14.1 Å². The molecule has 11 aromatic rings. The topological polar surface area (TPSA) is 25.6 Å². The highest BCUT2D eigenvalue weighted by molar-refractivity contribution is 6.07. The SMILES string of the molecule is c1ccc(-c2ccccc2-c2ccccc2-c2ccccc2N(c2ccc3c(c2)C2(c4ccccc4Oc4ccccc42)c2ccccc2-3)c2ccc3c(c2)oc2ccccc23)cc1. The van der Waals surface area contributed by atoms with Gasteiger partial charge in [0.05, 0.1) is 11.1 Å². The molecule has 64 heavy (non-hydrogen) atoms. The van der Waals surface area contributed by atoms with Crippen molar-refractivity contribution in [3.63, 3.8) is 0 Å². The Hall–Kier alpha value is -8.40. The summed E-state index contributed by atoms with van der Waals surface area (Å²) in [6.07, 6.45) is 0. The molecule has 3 nitrogen and oxygen atoms in total. The highest BCUT2D eigenvalue weighted by Gasteiger charge is 2.51. The van der Waals surface area contributed by atoms with Crippen LogP contribution in [-0.2, 0) is 5.41 Å². The molecule has 0 N–H and O–H groups in total. The van der Waals surface area contributed by atoms with E-state index >= 15 is 0 Å². The monoisotopic (exact) mass is 817 g/mol. The zero-order valence-electron chi connectivity index (χ0n) is 34.8. The van der Waals surface area contributed by atoms with E-state index in [1.807, 2.05) is 12.1 Å². The molecular formula is C61H39NO2. The van der Waals surface area contributed by atoms with Crippen LogP contribution in [0.3, 0.4) is 0 Å². The van der Waals surface area contributed by atoms with Crippen LogP contribution < -0.4 is 9.64 Å². The van der Waals surface area contributed by atoms with Crippen LogP contribution in [0.15, 0.2) is 241 Å². The van der Waals surface area contributed by atoms with Crippen LogP contribution >= 0.6 is 0 Å². The summed E-state index contributed by atoms with van der Waals surface area (Å²) >= 11 is 0. The number of hydrogen-bond acceptors (Lipinski definition) is 3. The first-order valence-electron chi connectivity index (χ1n) is 21.9. The standard InChI is InChI=1S/C61H39NO2/c1-2-18-40(19-3-1)43-20-4-5-21-44(43)45-22-6-7-23-46(45)49-25-9-14-30-56(49)62(42-35-37-51-50-26-10-15-31-57(50)63-60(51)39-42)41-34-36-48-47-24-8-11-27-52(47)61(55(48)38-41)53-28-12-16-32-58(53)64-59-33-17-13-29-54(59)61/h1-39H. The summed E-state index contributed by atoms with van der Waals surface area (Å²) in [6.45, 7) is 0. The average molecular weight is 818 g/mol. The van der Waals surface area contributed by atoms with Gasteiger partial charge in [0.2, 0.25) is 0 Å². The van der Waals surface area contributed by atoms with Gasteiger partial charge in [0, 0.05) is 44.9 Å². The zero-order valence-corrected chi connectivity index (χ0v) is 34.8. The number of furan rings is 1. The lowest BCUT2D eigenvalue weighted by Crippen LogP contribution is -2.32. The normalized spacial score (nSPS) is 12.9. The maximum absolute atomic E-state index is 6.70. The van der Waals surface area contributed by atoms with Crippen molar-refractivity contribution in [1.82, 2.24) is 0 Å². The van der Waals surface area contributed by atoms with Crippen molar-refractivity contribution in [3.05, 3.63) is 259 Å². The second kappa shape index (κ2) is 14.3. The smallest absolute Gasteiger partial charge is 0.137 e. The van der Waals surface area contributed by atoms with Gasteiger partial charge in [-0.2, -0.15) is 0 Å². The van der Waals surface area contributed by atoms with Crippen molar-refractivity contribution in [2.45, 2.75) is 5.41 Å². The molecule has 1 aliphatic heterocycles. The van der Waals surface area contributed by atoms with Crippen molar-refractivity contribution >= 4 is 39.0 Å². The van der Waals surface area contributed by atoms with Crippen LogP contribution in [0.1, 0.15) is 22.3 Å². The summed E-state index contributed by atoms with van der Waals surface area (Å²) < 4.78 is 13.3. The molecule has 0 bridgehead atoms. The quantitative estimate of drug-likeness (QED) is 0.167. The first-order valence-corrected chi connectivity index (χ1v) is 21.9. The minimum absolute atomic E-state index is 0.616.